The number of aliphatic hydroxyl groups is 1. The Hall–Kier alpha value is -0.380. The molecule has 9 atom stereocenters. The minimum Gasteiger partial charge on any atom is -0.396 e. The second-order valence-corrected chi connectivity index (χ2v) is 17.1. The standard InChI is InChI=1S/C32H56O2.C6H12O/c1-22(2)9-8-10-23(3)27-13-14-28-26-12-11-24-21-25(34-30(4,5)19-20-33)15-17-31(24,6)29(26)16-18-32(27,28)7;1-5(2)3-6-4-7-6/h11,22-23,25-29,33H,8-10,12-21H2,1-7H3;5-6H,3-4H2,1-2H3. The van der Waals surface area contributed by atoms with Crippen molar-refractivity contribution in [3.05, 3.63) is 11.6 Å². The van der Waals surface area contributed by atoms with Gasteiger partial charge in [-0.1, -0.05) is 79.4 Å². The Kier molecular flexibility index (Phi) is 11.2. The molecule has 5 aliphatic rings. The van der Waals surface area contributed by atoms with E-state index in [9.17, 15) is 5.11 Å². The molecular formula is C38H68O3. The minimum atomic E-state index is -0.220. The van der Waals surface area contributed by atoms with E-state index in [0.717, 1.165) is 60.9 Å². The van der Waals surface area contributed by atoms with Gasteiger partial charge in [0.2, 0.25) is 0 Å². The maximum atomic E-state index is 9.41. The van der Waals surface area contributed by atoms with Crippen molar-refractivity contribution in [1.29, 1.82) is 0 Å². The molecule has 0 aromatic carbocycles. The first kappa shape index (κ1) is 33.5. The average molecular weight is 573 g/mol. The van der Waals surface area contributed by atoms with Crippen molar-refractivity contribution in [2.75, 3.05) is 13.2 Å². The molecule has 238 valence electrons. The fourth-order valence-corrected chi connectivity index (χ4v) is 10.3. The van der Waals surface area contributed by atoms with Gasteiger partial charge in [0.1, 0.15) is 0 Å². The number of hydrogen-bond donors (Lipinski definition) is 1. The van der Waals surface area contributed by atoms with Crippen LogP contribution in [0.15, 0.2) is 11.6 Å². The molecule has 5 rings (SSSR count). The molecule has 3 saturated carbocycles. The van der Waals surface area contributed by atoms with Gasteiger partial charge >= 0.3 is 0 Å². The third kappa shape index (κ3) is 8.02. The fourth-order valence-electron chi connectivity index (χ4n) is 10.3. The molecule has 4 aliphatic carbocycles. The first-order chi connectivity index (χ1) is 19.3. The van der Waals surface area contributed by atoms with Crippen LogP contribution in [0.4, 0.5) is 0 Å². The molecule has 1 saturated heterocycles. The summed E-state index contributed by atoms with van der Waals surface area (Å²) in [7, 11) is 0. The maximum Gasteiger partial charge on any atom is 0.0812 e. The van der Waals surface area contributed by atoms with Crippen LogP contribution in [0.3, 0.4) is 0 Å². The molecular weight excluding hydrogens is 504 g/mol. The summed E-state index contributed by atoms with van der Waals surface area (Å²) in [6.07, 6.45) is 20.7. The van der Waals surface area contributed by atoms with Crippen LogP contribution < -0.4 is 0 Å². The number of hydrogen-bond acceptors (Lipinski definition) is 3. The summed E-state index contributed by atoms with van der Waals surface area (Å²) in [6, 6.07) is 0. The second kappa shape index (κ2) is 13.7. The Morgan fingerprint density at radius 1 is 0.976 bits per heavy atom. The smallest absolute Gasteiger partial charge is 0.0812 e. The first-order valence-electron chi connectivity index (χ1n) is 17.9. The van der Waals surface area contributed by atoms with Gasteiger partial charge in [-0.15, -0.1) is 0 Å². The molecule has 0 aromatic rings. The Labute approximate surface area is 255 Å². The second-order valence-electron chi connectivity index (χ2n) is 17.1. The lowest BCUT2D eigenvalue weighted by atomic mass is 9.47. The van der Waals surface area contributed by atoms with Crippen LogP contribution in [-0.4, -0.2) is 36.1 Å². The van der Waals surface area contributed by atoms with Gasteiger partial charge in [0.05, 0.1) is 24.4 Å². The number of allylic oxidation sites excluding steroid dienone is 1. The summed E-state index contributed by atoms with van der Waals surface area (Å²) in [6.45, 7) is 22.6. The summed E-state index contributed by atoms with van der Waals surface area (Å²) in [5, 5.41) is 9.41. The number of epoxide rings is 1. The van der Waals surface area contributed by atoms with Gasteiger partial charge in [-0.2, -0.15) is 0 Å². The van der Waals surface area contributed by atoms with Crippen molar-refractivity contribution in [3.63, 3.8) is 0 Å². The molecule has 9 unspecified atom stereocenters. The molecule has 1 heterocycles. The highest BCUT2D eigenvalue weighted by molar-refractivity contribution is 5.25. The lowest BCUT2D eigenvalue weighted by Gasteiger charge is -2.58. The average Bonchev–Trinajstić information content (AvgIpc) is 3.61. The van der Waals surface area contributed by atoms with Crippen LogP contribution in [0.2, 0.25) is 0 Å². The third-order valence-electron chi connectivity index (χ3n) is 12.6. The Balaban J connectivity index is 0.000000483. The van der Waals surface area contributed by atoms with E-state index in [1.807, 2.05) is 0 Å². The molecule has 0 spiro atoms. The normalized spacial score (nSPS) is 38.9. The zero-order valence-corrected chi connectivity index (χ0v) is 28.6. The summed E-state index contributed by atoms with van der Waals surface area (Å²) in [5.74, 6) is 6.23. The SMILES string of the molecule is CC(C)CC1CO1.CC(C)CCCC(C)C1CCC2C3CC=C4CC(OC(C)(C)CCO)CCC4(C)C3CCC12C. The van der Waals surface area contributed by atoms with E-state index in [-0.39, 0.29) is 12.2 Å². The fraction of sp³-hybridized carbons (Fsp3) is 0.947. The largest absolute Gasteiger partial charge is 0.396 e. The molecule has 0 aromatic heterocycles. The Bertz CT molecular complexity index is 856. The zero-order chi connectivity index (χ0) is 30.0. The van der Waals surface area contributed by atoms with E-state index in [2.05, 4.69) is 68.4 Å². The zero-order valence-electron chi connectivity index (χ0n) is 28.6. The van der Waals surface area contributed by atoms with E-state index in [0.29, 0.717) is 23.0 Å². The van der Waals surface area contributed by atoms with Crippen LogP contribution in [-0.2, 0) is 9.47 Å². The van der Waals surface area contributed by atoms with E-state index in [1.165, 1.54) is 70.6 Å². The lowest BCUT2D eigenvalue weighted by molar-refractivity contribution is -0.109. The van der Waals surface area contributed by atoms with E-state index >= 15 is 0 Å². The summed E-state index contributed by atoms with van der Waals surface area (Å²) in [4.78, 5) is 0. The van der Waals surface area contributed by atoms with Crippen molar-refractivity contribution in [1.82, 2.24) is 0 Å². The van der Waals surface area contributed by atoms with Gasteiger partial charge in [0.25, 0.3) is 0 Å². The number of fused-ring (bicyclic) bond motifs is 5. The summed E-state index contributed by atoms with van der Waals surface area (Å²) >= 11 is 0. The highest BCUT2D eigenvalue weighted by atomic mass is 16.6. The van der Waals surface area contributed by atoms with Crippen LogP contribution in [0.25, 0.3) is 0 Å². The maximum absolute atomic E-state index is 9.41. The van der Waals surface area contributed by atoms with Gasteiger partial charge < -0.3 is 14.6 Å². The summed E-state index contributed by atoms with van der Waals surface area (Å²) < 4.78 is 11.5. The predicted molar refractivity (Wildman–Crippen MR) is 173 cm³/mol. The third-order valence-corrected chi connectivity index (χ3v) is 12.6. The molecule has 0 radical (unpaired) electrons. The van der Waals surface area contributed by atoms with E-state index in [4.69, 9.17) is 9.47 Å². The highest BCUT2D eigenvalue weighted by Crippen LogP contribution is 2.67. The highest BCUT2D eigenvalue weighted by Gasteiger charge is 2.59. The summed E-state index contributed by atoms with van der Waals surface area (Å²) in [5.41, 5.74) is 2.47. The van der Waals surface area contributed by atoms with Crippen LogP contribution in [0, 0.1) is 52.3 Å². The number of rotatable bonds is 11. The van der Waals surface area contributed by atoms with E-state index in [1.54, 1.807) is 5.57 Å². The van der Waals surface area contributed by atoms with Gasteiger partial charge in [-0.05, 0) is 130 Å². The van der Waals surface area contributed by atoms with Crippen LogP contribution >= 0.6 is 0 Å². The molecule has 0 bridgehead atoms. The quantitative estimate of drug-likeness (QED) is 0.198. The van der Waals surface area contributed by atoms with Crippen LogP contribution in [0.5, 0.6) is 0 Å². The Morgan fingerprint density at radius 2 is 1.71 bits per heavy atom. The molecule has 0 amide bonds. The van der Waals surface area contributed by atoms with Crippen molar-refractivity contribution in [3.8, 4) is 0 Å². The van der Waals surface area contributed by atoms with Crippen LogP contribution in [0.1, 0.15) is 146 Å². The van der Waals surface area contributed by atoms with E-state index < -0.39 is 0 Å². The molecule has 1 aliphatic heterocycles. The van der Waals surface area contributed by atoms with Crippen molar-refractivity contribution in [2.24, 2.45) is 52.3 Å². The Morgan fingerprint density at radius 3 is 2.32 bits per heavy atom. The van der Waals surface area contributed by atoms with Gasteiger partial charge in [-0.3, -0.25) is 0 Å². The molecule has 3 nitrogen and oxygen atoms in total. The topological polar surface area (TPSA) is 42.0 Å². The van der Waals surface area contributed by atoms with Crippen molar-refractivity contribution < 1.29 is 14.6 Å². The van der Waals surface area contributed by atoms with Gasteiger partial charge in [0.15, 0.2) is 0 Å². The molecule has 3 heteroatoms. The molecule has 1 N–H and O–H groups in total. The minimum absolute atomic E-state index is 0.210. The van der Waals surface area contributed by atoms with Gasteiger partial charge in [-0.25, -0.2) is 0 Å². The van der Waals surface area contributed by atoms with Crippen molar-refractivity contribution in [2.45, 2.75) is 164 Å². The van der Waals surface area contributed by atoms with Gasteiger partial charge in [0, 0.05) is 6.61 Å². The first-order valence-corrected chi connectivity index (χ1v) is 17.9. The monoisotopic (exact) mass is 573 g/mol. The molecule has 4 fully saturated rings. The lowest BCUT2D eigenvalue weighted by Crippen LogP contribution is -2.51. The molecule has 41 heavy (non-hydrogen) atoms. The number of aliphatic hydroxyl groups excluding tert-OH is 1. The van der Waals surface area contributed by atoms with Crippen molar-refractivity contribution >= 4 is 0 Å². The number of ether oxygens (including phenoxy) is 2. The predicted octanol–water partition coefficient (Wildman–Crippen LogP) is 10.0.